The van der Waals surface area contributed by atoms with Gasteiger partial charge < -0.3 is 9.84 Å². The molecule has 0 fully saturated rings. The number of hydrogen-bond acceptors (Lipinski definition) is 6. The molecule has 0 aliphatic carbocycles. The lowest BCUT2D eigenvalue weighted by Gasteiger charge is -2.19. The third kappa shape index (κ3) is 5.20. The Kier molecular flexibility index (Phi) is 7.26. The number of halogens is 1. The van der Waals surface area contributed by atoms with Crippen molar-refractivity contribution in [2.45, 2.75) is 33.1 Å². The Labute approximate surface area is 206 Å². The highest BCUT2D eigenvalue weighted by Gasteiger charge is 2.21. The van der Waals surface area contributed by atoms with Gasteiger partial charge in [-0.15, -0.1) is 0 Å². The highest BCUT2D eigenvalue weighted by molar-refractivity contribution is 9.10. The number of aryl methyl sites for hydroxylation is 1. The van der Waals surface area contributed by atoms with E-state index >= 15 is 0 Å². The average molecular weight is 527 g/mol. The van der Waals surface area contributed by atoms with E-state index in [1.54, 1.807) is 18.7 Å². The van der Waals surface area contributed by atoms with Crippen LogP contribution in [-0.4, -0.2) is 39.6 Å². The number of methoxy groups -OCH3 is 1. The smallest absolute Gasteiger partial charge is 0.339 e. The van der Waals surface area contributed by atoms with Gasteiger partial charge in [-0.3, -0.25) is 9.48 Å². The summed E-state index contributed by atoms with van der Waals surface area (Å²) in [5.41, 5.74) is 6.24. The fourth-order valence-electron chi connectivity index (χ4n) is 3.39. The summed E-state index contributed by atoms with van der Waals surface area (Å²) in [5, 5.41) is 19.4. The molecule has 3 rings (SSSR count). The number of nitrogens with zero attached hydrogens (tertiary/aromatic N) is 3. The molecule has 0 radical (unpaired) electrons. The Morgan fingerprint density at radius 1 is 1.15 bits per heavy atom. The van der Waals surface area contributed by atoms with Crippen LogP contribution in [0.3, 0.4) is 0 Å². The molecule has 0 saturated heterocycles. The predicted molar refractivity (Wildman–Crippen MR) is 134 cm³/mol. The predicted octanol–water partition coefficient (Wildman–Crippen LogP) is 4.79. The van der Waals surface area contributed by atoms with Crippen LogP contribution in [0, 0.1) is 0 Å². The van der Waals surface area contributed by atoms with Crippen molar-refractivity contribution in [3.8, 4) is 17.0 Å². The van der Waals surface area contributed by atoms with Gasteiger partial charge >= 0.3 is 5.97 Å². The zero-order chi connectivity index (χ0) is 25.2. The lowest BCUT2D eigenvalue weighted by Crippen LogP contribution is -2.20. The van der Waals surface area contributed by atoms with E-state index in [0.29, 0.717) is 27.0 Å². The fourth-order valence-corrected chi connectivity index (χ4v) is 3.93. The van der Waals surface area contributed by atoms with Crippen LogP contribution >= 0.6 is 15.9 Å². The van der Waals surface area contributed by atoms with Gasteiger partial charge in [0, 0.05) is 22.6 Å². The molecule has 2 N–H and O–H groups in total. The number of aromatic nitrogens is 2. The third-order valence-corrected chi connectivity index (χ3v) is 6.01. The molecule has 0 aliphatic rings. The Morgan fingerprint density at radius 2 is 1.79 bits per heavy atom. The van der Waals surface area contributed by atoms with Crippen molar-refractivity contribution in [2.75, 3.05) is 7.11 Å². The maximum atomic E-state index is 12.5. The Balaban J connectivity index is 1.82. The number of benzene rings is 2. The minimum Gasteiger partial charge on any atom is -0.504 e. The van der Waals surface area contributed by atoms with Crippen molar-refractivity contribution in [1.82, 2.24) is 15.2 Å². The van der Waals surface area contributed by atoms with Crippen LogP contribution in [-0.2, 0) is 17.2 Å². The largest absolute Gasteiger partial charge is 0.504 e. The molecular formula is C25H27BrN4O4. The number of rotatable bonds is 5. The van der Waals surface area contributed by atoms with Crippen molar-refractivity contribution in [2.24, 2.45) is 12.1 Å². The molecule has 0 unspecified atom stereocenters. The third-order valence-electron chi connectivity index (χ3n) is 5.35. The minimum absolute atomic E-state index is 0.0216. The second-order valence-corrected chi connectivity index (χ2v) is 9.68. The van der Waals surface area contributed by atoms with E-state index in [0.717, 1.165) is 5.56 Å². The first-order valence-electron chi connectivity index (χ1n) is 10.5. The summed E-state index contributed by atoms with van der Waals surface area (Å²) < 4.78 is 6.71. The lowest BCUT2D eigenvalue weighted by molar-refractivity contribution is 0.0599. The molecule has 34 heavy (non-hydrogen) atoms. The van der Waals surface area contributed by atoms with Gasteiger partial charge in [-0.05, 0) is 52.0 Å². The number of carbonyl (C=O) groups excluding carboxylic acids is 2. The van der Waals surface area contributed by atoms with Gasteiger partial charge in [-0.1, -0.05) is 45.0 Å². The fraction of sp³-hybridized carbons (Fsp3) is 0.280. The number of hydrazone groups is 1. The molecule has 2 aromatic carbocycles. The Bertz CT molecular complexity index is 1270. The molecule has 8 nitrogen and oxygen atoms in total. The molecule has 0 atom stereocenters. The monoisotopic (exact) mass is 526 g/mol. The highest BCUT2D eigenvalue weighted by Crippen LogP contribution is 2.33. The van der Waals surface area contributed by atoms with Gasteiger partial charge in [0.25, 0.3) is 5.91 Å². The summed E-state index contributed by atoms with van der Waals surface area (Å²) in [5.74, 6) is -1.02. The summed E-state index contributed by atoms with van der Waals surface area (Å²) in [6, 6.07) is 12.5. The summed E-state index contributed by atoms with van der Waals surface area (Å²) in [6.45, 7) is 8.07. The van der Waals surface area contributed by atoms with Crippen molar-refractivity contribution in [1.29, 1.82) is 0 Å². The minimum atomic E-state index is -0.512. The number of nitrogens with one attached hydrogen (secondary N) is 1. The Hall–Kier alpha value is -3.46. The molecule has 0 aliphatic heterocycles. The molecule has 1 aromatic heterocycles. The van der Waals surface area contributed by atoms with Gasteiger partial charge in [0.05, 0.1) is 18.4 Å². The van der Waals surface area contributed by atoms with E-state index in [1.807, 2.05) is 24.3 Å². The van der Waals surface area contributed by atoms with Crippen LogP contribution in [0.1, 0.15) is 59.7 Å². The number of hydrogen-bond donors (Lipinski definition) is 2. The van der Waals surface area contributed by atoms with Crippen molar-refractivity contribution in [3.05, 3.63) is 69.3 Å². The second-order valence-electron chi connectivity index (χ2n) is 8.82. The highest BCUT2D eigenvalue weighted by atomic mass is 79.9. The standard InChI is InChI=1S/C25H27BrN4O4/c1-14(27-28-23(32)16-9-12-18(19(26)13-16)24(33)34-6)20-22(31)21(30(5)29-20)15-7-10-17(11-8-15)25(2,3)4/h7-13,31H,1-6H3,(H,28,32)/b27-14-. The molecule has 0 saturated carbocycles. The molecular weight excluding hydrogens is 500 g/mol. The zero-order valence-electron chi connectivity index (χ0n) is 19.9. The summed E-state index contributed by atoms with van der Waals surface area (Å²) in [7, 11) is 3.02. The van der Waals surface area contributed by atoms with Gasteiger partial charge in [0.1, 0.15) is 5.69 Å². The van der Waals surface area contributed by atoms with Gasteiger partial charge in [0.15, 0.2) is 11.4 Å². The van der Waals surface area contributed by atoms with E-state index < -0.39 is 11.9 Å². The second kappa shape index (κ2) is 9.80. The molecule has 9 heteroatoms. The first-order valence-corrected chi connectivity index (χ1v) is 11.3. The van der Waals surface area contributed by atoms with Crippen LogP contribution in [0.2, 0.25) is 0 Å². The zero-order valence-corrected chi connectivity index (χ0v) is 21.5. The quantitative estimate of drug-likeness (QED) is 0.282. The van der Waals surface area contributed by atoms with Crippen LogP contribution in [0.5, 0.6) is 5.75 Å². The van der Waals surface area contributed by atoms with Crippen molar-refractivity contribution < 1.29 is 19.4 Å². The van der Waals surface area contributed by atoms with Crippen LogP contribution in [0.4, 0.5) is 0 Å². The SMILES string of the molecule is COC(=O)c1ccc(C(=O)N/N=C(/C)c2nn(C)c(-c3ccc(C(C)(C)C)cc3)c2O)cc1Br. The number of carbonyl (C=O) groups is 2. The molecule has 3 aromatic rings. The van der Waals surface area contributed by atoms with E-state index in [-0.39, 0.29) is 16.9 Å². The normalized spacial score (nSPS) is 11.9. The van der Waals surface area contributed by atoms with E-state index in [4.69, 9.17) is 4.74 Å². The number of esters is 1. The van der Waals surface area contributed by atoms with E-state index in [9.17, 15) is 14.7 Å². The maximum Gasteiger partial charge on any atom is 0.339 e. The molecule has 178 valence electrons. The van der Waals surface area contributed by atoms with E-state index in [1.165, 1.54) is 30.9 Å². The van der Waals surface area contributed by atoms with Crippen LogP contribution in [0.15, 0.2) is 52.0 Å². The van der Waals surface area contributed by atoms with E-state index in [2.05, 4.69) is 52.3 Å². The van der Waals surface area contributed by atoms with Crippen LogP contribution < -0.4 is 5.43 Å². The number of aromatic hydroxyl groups is 1. The molecule has 0 bridgehead atoms. The topological polar surface area (TPSA) is 106 Å². The molecule has 1 heterocycles. The summed E-state index contributed by atoms with van der Waals surface area (Å²) in [6.07, 6.45) is 0. The lowest BCUT2D eigenvalue weighted by atomic mass is 9.86. The van der Waals surface area contributed by atoms with Gasteiger partial charge in [-0.25, -0.2) is 10.2 Å². The molecule has 1 amide bonds. The Morgan fingerprint density at radius 3 is 2.35 bits per heavy atom. The summed E-state index contributed by atoms with van der Waals surface area (Å²) >= 11 is 3.27. The van der Waals surface area contributed by atoms with Gasteiger partial charge in [0.2, 0.25) is 0 Å². The number of ether oxygens (including phenoxy) is 1. The number of amides is 1. The first-order chi connectivity index (χ1) is 15.9. The maximum absolute atomic E-state index is 12.5. The first kappa shape index (κ1) is 25.2. The molecule has 0 spiro atoms. The summed E-state index contributed by atoms with van der Waals surface area (Å²) in [4.78, 5) is 24.2. The average Bonchev–Trinajstić information content (AvgIpc) is 3.09. The van der Waals surface area contributed by atoms with Gasteiger partial charge in [-0.2, -0.15) is 10.2 Å². The van der Waals surface area contributed by atoms with Crippen molar-refractivity contribution in [3.63, 3.8) is 0 Å². The van der Waals surface area contributed by atoms with Crippen LogP contribution in [0.25, 0.3) is 11.3 Å². The van der Waals surface area contributed by atoms with Crippen molar-refractivity contribution >= 4 is 33.5 Å².